The molecule has 1 aliphatic heterocycles. The lowest BCUT2D eigenvalue weighted by Crippen LogP contribution is -2.42. The number of hydrogen-bond acceptors (Lipinski definition) is 3. The van der Waals surface area contributed by atoms with Crippen LogP contribution in [-0.4, -0.2) is 36.0 Å². The highest BCUT2D eigenvalue weighted by molar-refractivity contribution is 5.89. The maximum atomic E-state index is 11.1. The summed E-state index contributed by atoms with van der Waals surface area (Å²) in [6.07, 6.45) is 2.37. The first kappa shape index (κ1) is 15.8. The Balaban J connectivity index is 1.92. The van der Waals surface area contributed by atoms with Crippen LogP contribution in [0.2, 0.25) is 0 Å². The third-order valence-corrected chi connectivity index (χ3v) is 4.17. The van der Waals surface area contributed by atoms with Gasteiger partial charge >= 0.3 is 0 Å². The van der Waals surface area contributed by atoms with Gasteiger partial charge in [0.15, 0.2) is 0 Å². The second kappa shape index (κ2) is 6.94. The molecule has 0 aromatic heterocycles. The van der Waals surface area contributed by atoms with Gasteiger partial charge < -0.3 is 15.5 Å². The van der Waals surface area contributed by atoms with E-state index in [0.717, 1.165) is 30.0 Å². The number of nitrogens with one attached hydrogen (secondary N) is 2. The van der Waals surface area contributed by atoms with Crippen LogP contribution in [0.1, 0.15) is 39.2 Å². The van der Waals surface area contributed by atoms with Crippen LogP contribution in [0.25, 0.3) is 0 Å². The summed E-state index contributed by atoms with van der Waals surface area (Å²) in [5.74, 6) is -0.0279. The van der Waals surface area contributed by atoms with Gasteiger partial charge in [0.2, 0.25) is 5.91 Å². The summed E-state index contributed by atoms with van der Waals surface area (Å²) in [7, 11) is 0. The fourth-order valence-corrected chi connectivity index (χ4v) is 2.88. The Hall–Kier alpha value is -1.55. The standard InChI is InChI=1S/C17H27N3O/c1-12(2)20-9-7-15(8-10-20)19-16-5-6-17(13(3)11-16)18-14(4)21/h5-6,11-12,15,19H,7-10H2,1-4H3,(H,18,21). The Labute approximate surface area is 127 Å². The van der Waals surface area contributed by atoms with Crippen molar-refractivity contribution < 1.29 is 4.79 Å². The number of likely N-dealkylation sites (tertiary alicyclic amines) is 1. The average Bonchev–Trinajstić information content (AvgIpc) is 2.42. The number of nitrogens with zero attached hydrogens (tertiary/aromatic N) is 1. The predicted molar refractivity (Wildman–Crippen MR) is 88.8 cm³/mol. The molecule has 0 spiro atoms. The smallest absolute Gasteiger partial charge is 0.221 e. The maximum absolute atomic E-state index is 11.1. The summed E-state index contributed by atoms with van der Waals surface area (Å²) in [5, 5.41) is 6.47. The minimum atomic E-state index is -0.0279. The Morgan fingerprint density at radius 3 is 2.48 bits per heavy atom. The molecule has 4 heteroatoms. The molecule has 0 unspecified atom stereocenters. The molecule has 1 aliphatic rings. The van der Waals surface area contributed by atoms with Gasteiger partial charge in [-0.1, -0.05) is 0 Å². The highest BCUT2D eigenvalue weighted by atomic mass is 16.1. The van der Waals surface area contributed by atoms with E-state index in [1.165, 1.54) is 19.8 Å². The van der Waals surface area contributed by atoms with Crippen LogP contribution in [0.3, 0.4) is 0 Å². The number of anilines is 2. The largest absolute Gasteiger partial charge is 0.382 e. The fraction of sp³-hybridized carbons (Fsp3) is 0.588. The van der Waals surface area contributed by atoms with E-state index in [1.807, 2.05) is 19.1 Å². The van der Waals surface area contributed by atoms with E-state index in [-0.39, 0.29) is 5.91 Å². The first-order valence-corrected chi connectivity index (χ1v) is 7.84. The van der Waals surface area contributed by atoms with E-state index < -0.39 is 0 Å². The highest BCUT2D eigenvalue weighted by Crippen LogP contribution is 2.22. The van der Waals surface area contributed by atoms with Gasteiger partial charge in [0.1, 0.15) is 0 Å². The van der Waals surface area contributed by atoms with Crippen LogP contribution in [0, 0.1) is 6.92 Å². The van der Waals surface area contributed by atoms with Crippen molar-refractivity contribution >= 4 is 17.3 Å². The number of piperidine rings is 1. The maximum Gasteiger partial charge on any atom is 0.221 e. The Morgan fingerprint density at radius 1 is 1.29 bits per heavy atom. The number of aryl methyl sites for hydroxylation is 1. The van der Waals surface area contributed by atoms with E-state index in [9.17, 15) is 4.79 Å². The molecule has 1 amide bonds. The SMILES string of the molecule is CC(=O)Nc1ccc(NC2CCN(C(C)C)CC2)cc1C. The third kappa shape index (κ3) is 4.46. The molecule has 1 heterocycles. The van der Waals surface area contributed by atoms with Crippen LogP contribution in [0.15, 0.2) is 18.2 Å². The molecular weight excluding hydrogens is 262 g/mol. The molecule has 116 valence electrons. The van der Waals surface area contributed by atoms with Crippen molar-refractivity contribution in [2.45, 2.75) is 52.6 Å². The number of hydrogen-bond donors (Lipinski definition) is 2. The lowest BCUT2D eigenvalue weighted by Gasteiger charge is -2.35. The normalized spacial score (nSPS) is 17.0. The zero-order valence-corrected chi connectivity index (χ0v) is 13.6. The molecule has 2 rings (SSSR count). The van der Waals surface area contributed by atoms with Crippen molar-refractivity contribution in [3.05, 3.63) is 23.8 Å². The lowest BCUT2D eigenvalue weighted by molar-refractivity contribution is -0.114. The molecule has 4 nitrogen and oxygen atoms in total. The van der Waals surface area contributed by atoms with Gasteiger partial charge in [0, 0.05) is 43.5 Å². The quantitative estimate of drug-likeness (QED) is 0.894. The summed E-state index contributed by atoms with van der Waals surface area (Å²) in [6, 6.07) is 7.33. The second-order valence-corrected chi connectivity index (χ2v) is 6.26. The highest BCUT2D eigenvalue weighted by Gasteiger charge is 2.20. The van der Waals surface area contributed by atoms with E-state index in [2.05, 4.69) is 35.4 Å². The fourth-order valence-electron chi connectivity index (χ4n) is 2.88. The summed E-state index contributed by atoms with van der Waals surface area (Å²) < 4.78 is 0. The number of amides is 1. The Kier molecular flexibility index (Phi) is 5.23. The molecule has 1 aromatic rings. The van der Waals surface area contributed by atoms with Crippen LogP contribution < -0.4 is 10.6 Å². The number of rotatable bonds is 4. The topological polar surface area (TPSA) is 44.4 Å². The van der Waals surface area contributed by atoms with E-state index >= 15 is 0 Å². The molecule has 0 bridgehead atoms. The van der Waals surface area contributed by atoms with Crippen LogP contribution in [0.4, 0.5) is 11.4 Å². The minimum Gasteiger partial charge on any atom is -0.382 e. The van der Waals surface area contributed by atoms with Crippen molar-refractivity contribution in [3.63, 3.8) is 0 Å². The van der Waals surface area contributed by atoms with E-state index in [0.29, 0.717) is 12.1 Å². The van der Waals surface area contributed by atoms with Crippen molar-refractivity contribution in [2.24, 2.45) is 0 Å². The van der Waals surface area contributed by atoms with Crippen molar-refractivity contribution in [1.29, 1.82) is 0 Å². The number of benzene rings is 1. The summed E-state index contributed by atoms with van der Waals surface area (Å²) in [5.41, 5.74) is 3.13. The molecule has 0 atom stereocenters. The average molecular weight is 289 g/mol. The molecule has 0 radical (unpaired) electrons. The molecule has 0 aliphatic carbocycles. The third-order valence-electron chi connectivity index (χ3n) is 4.17. The predicted octanol–water partition coefficient (Wildman–Crippen LogP) is 3.24. The molecule has 0 saturated carbocycles. The van der Waals surface area contributed by atoms with Gasteiger partial charge in [-0.15, -0.1) is 0 Å². The zero-order chi connectivity index (χ0) is 15.4. The molecule has 1 aromatic carbocycles. The molecule has 1 saturated heterocycles. The van der Waals surface area contributed by atoms with Gasteiger partial charge in [-0.3, -0.25) is 4.79 Å². The van der Waals surface area contributed by atoms with E-state index in [1.54, 1.807) is 0 Å². The Bertz CT molecular complexity index is 491. The monoisotopic (exact) mass is 289 g/mol. The van der Waals surface area contributed by atoms with Gasteiger partial charge in [-0.2, -0.15) is 0 Å². The molecule has 21 heavy (non-hydrogen) atoms. The number of carbonyl (C=O) groups excluding carboxylic acids is 1. The second-order valence-electron chi connectivity index (χ2n) is 6.26. The number of carbonyl (C=O) groups is 1. The first-order valence-electron chi connectivity index (χ1n) is 7.84. The summed E-state index contributed by atoms with van der Waals surface area (Å²) >= 11 is 0. The minimum absolute atomic E-state index is 0.0279. The van der Waals surface area contributed by atoms with Crippen LogP contribution in [-0.2, 0) is 4.79 Å². The van der Waals surface area contributed by atoms with Gasteiger partial charge in [-0.05, 0) is 57.4 Å². The van der Waals surface area contributed by atoms with Crippen molar-refractivity contribution in [3.8, 4) is 0 Å². The van der Waals surface area contributed by atoms with E-state index in [4.69, 9.17) is 0 Å². The van der Waals surface area contributed by atoms with Crippen LogP contribution in [0.5, 0.6) is 0 Å². The molecule has 1 fully saturated rings. The summed E-state index contributed by atoms with van der Waals surface area (Å²) in [6.45, 7) is 10.4. The van der Waals surface area contributed by atoms with Crippen molar-refractivity contribution in [1.82, 2.24) is 4.90 Å². The lowest BCUT2D eigenvalue weighted by atomic mass is 10.0. The van der Waals surface area contributed by atoms with Gasteiger partial charge in [0.05, 0.1) is 0 Å². The van der Waals surface area contributed by atoms with Gasteiger partial charge in [-0.25, -0.2) is 0 Å². The molecular formula is C17H27N3O. The Morgan fingerprint density at radius 2 is 1.95 bits per heavy atom. The van der Waals surface area contributed by atoms with Gasteiger partial charge in [0.25, 0.3) is 0 Å². The molecule has 2 N–H and O–H groups in total. The van der Waals surface area contributed by atoms with Crippen molar-refractivity contribution in [2.75, 3.05) is 23.7 Å². The first-order chi connectivity index (χ1) is 9.95. The van der Waals surface area contributed by atoms with Crippen LogP contribution >= 0.6 is 0 Å². The summed E-state index contributed by atoms with van der Waals surface area (Å²) in [4.78, 5) is 13.7. The zero-order valence-electron chi connectivity index (χ0n) is 13.6.